The van der Waals surface area contributed by atoms with Gasteiger partial charge in [-0.25, -0.2) is 4.99 Å². The number of likely N-dealkylation sites (N-methyl/N-ethyl adjacent to an activating group) is 1. The average Bonchev–Trinajstić information content (AvgIpc) is 2.77. The van der Waals surface area contributed by atoms with E-state index in [4.69, 9.17) is 23.1 Å². The average molecular weight is 438 g/mol. The van der Waals surface area contributed by atoms with Crippen LogP contribution in [0.3, 0.4) is 0 Å². The summed E-state index contributed by atoms with van der Waals surface area (Å²) in [6.07, 6.45) is 1.31. The first-order valence-electron chi connectivity index (χ1n) is 10.1. The molecule has 0 aromatic heterocycles. The normalized spacial score (nSPS) is 19.6. The number of piperidine rings is 1. The van der Waals surface area contributed by atoms with Gasteiger partial charge in [-0.05, 0) is 48.7 Å². The molecule has 31 heavy (non-hydrogen) atoms. The summed E-state index contributed by atoms with van der Waals surface area (Å²) in [6.45, 7) is 1.25. The minimum Gasteiger partial charge on any atom is -0.401 e. The molecule has 7 nitrogen and oxygen atoms in total. The molecule has 0 unspecified atom stereocenters. The van der Waals surface area contributed by atoms with Crippen LogP contribution >= 0.6 is 11.6 Å². The van der Waals surface area contributed by atoms with Crippen molar-refractivity contribution in [2.75, 3.05) is 31.6 Å². The number of benzene rings is 2. The highest BCUT2D eigenvalue weighted by molar-refractivity contribution is 6.50. The predicted molar refractivity (Wildman–Crippen MR) is 123 cm³/mol. The van der Waals surface area contributed by atoms with Gasteiger partial charge < -0.3 is 21.3 Å². The van der Waals surface area contributed by atoms with E-state index in [0.717, 1.165) is 12.0 Å². The second-order valence-electron chi connectivity index (χ2n) is 7.67. The molecule has 0 radical (unpaired) electrons. The fourth-order valence-corrected chi connectivity index (χ4v) is 4.10. The maximum absolute atomic E-state index is 13.5. The van der Waals surface area contributed by atoms with Crippen molar-refractivity contribution in [3.05, 3.63) is 69.9 Å². The summed E-state index contributed by atoms with van der Waals surface area (Å²) in [6, 6.07) is 12.6. The number of hydrogen-bond acceptors (Lipinski definition) is 5. The minimum atomic E-state index is -0.283. The van der Waals surface area contributed by atoms with E-state index >= 15 is 0 Å². The van der Waals surface area contributed by atoms with Crippen LogP contribution in [0.1, 0.15) is 22.3 Å². The number of amides is 2. The Bertz CT molecular complexity index is 1120. The molecule has 0 spiro atoms. The van der Waals surface area contributed by atoms with Crippen LogP contribution in [0.4, 0.5) is 11.4 Å². The number of nitrogens with zero attached hydrogens (tertiary/aromatic N) is 3. The highest BCUT2D eigenvalue weighted by Crippen LogP contribution is 2.29. The topological polar surface area (TPSA) is 105 Å². The monoisotopic (exact) mass is 437 g/mol. The summed E-state index contributed by atoms with van der Waals surface area (Å²) < 4.78 is 0. The van der Waals surface area contributed by atoms with Crippen LogP contribution < -0.4 is 16.4 Å². The molecule has 8 heteroatoms. The number of carbonyl (C=O) groups excluding carboxylic acids is 2. The number of fused-ring (bicyclic) bond motifs is 1. The van der Waals surface area contributed by atoms with Crippen molar-refractivity contribution in [1.29, 1.82) is 0 Å². The molecule has 2 heterocycles. The largest absolute Gasteiger partial charge is 0.401 e. The van der Waals surface area contributed by atoms with Gasteiger partial charge in [0, 0.05) is 54.2 Å². The molecule has 2 aromatic rings. The quantitative estimate of drug-likeness (QED) is 0.769. The molecule has 2 aliphatic rings. The first-order valence-corrected chi connectivity index (χ1v) is 10.5. The lowest BCUT2D eigenvalue weighted by Crippen LogP contribution is -2.44. The van der Waals surface area contributed by atoms with Gasteiger partial charge in [-0.2, -0.15) is 0 Å². The van der Waals surface area contributed by atoms with Crippen LogP contribution in [-0.2, 0) is 11.2 Å². The highest BCUT2D eigenvalue weighted by Gasteiger charge is 2.32. The number of aliphatic imine (C=N–C) groups is 1. The lowest BCUT2D eigenvalue weighted by Gasteiger charge is -2.32. The fraction of sp³-hybridized carbons (Fsp3) is 0.261. The van der Waals surface area contributed by atoms with Crippen molar-refractivity contribution in [2.45, 2.75) is 12.8 Å². The third-order valence-electron chi connectivity index (χ3n) is 5.67. The number of carbonyl (C=O) groups is 2. The molecule has 4 rings (SSSR count). The Kier molecular flexibility index (Phi) is 5.80. The van der Waals surface area contributed by atoms with Gasteiger partial charge in [-0.15, -0.1) is 0 Å². The Labute approximate surface area is 186 Å². The van der Waals surface area contributed by atoms with Crippen molar-refractivity contribution in [2.24, 2.45) is 16.5 Å². The van der Waals surface area contributed by atoms with Crippen molar-refractivity contribution >= 4 is 40.5 Å². The van der Waals surface area contributed by atoms with Crippen molar-refractivity contribution in [3.63, 3.8) is 0 Å². The Morgan fingerprint density at radius 3 is 2.65 bits per heavy atom. The zero-order chi connectivity index (χ0) is 22.1. The Hall–Kier alpha value is -3.16. The molecule has 0 aliphatic carbocycles. The fourth-order valence-electron chi connectivity index (χ4n) is 3.92. The van der Waals surface area contributed by atoms with E-state index in [2.05, 4.69) is 4.99 Å². The van der Waals surface area contributed by atoms with Crippen LogP contribution in [0.2, 0.25) is 5.02 Å². The molecule has 0 bridgehead atoms. The molecule has 160 valence electrons. The summed E-state index contributed by atoms with van der Waals surface area (Å²) in [5.41, 5.74) is 16.1. The molecule has 2 aliphatic heterocycles. The van der Waals surface area contributed by atoms with Crippen molar-refractivity contribution in [1.82, 2.24) is 4.90 Å². The van der Waals surface area contributed by atoms with Crippen molar-refractivity contribution < 1.29 is 9.59 Å². The summed E-state index contributed by atoms with van der Waals surface area (Å²) in [5, 5.41) is 0.525. The summed E-state index contributed by atoms with van der Waals surface area (Å²) in [5.74, 6) is -0.317. The predicted octanol–water partition coefficient (Wildman–Crippen LogP) is 2.65. The zero-order valence-corrected chi connectivity index (χ0v) is 18.0. The molecular formula is C23H24ClN5O2. The second kappa shape index (κ2) is 8.53. The maximum atomic E-state index is 13.5. The molecule has 2 aromatic carbocycles. The van der Waals surface area contributed by atoms with Crippen LogP contribution in [0.25, 0.3) is 0 Å². The van der Waals surface area contributed by atoms with Gasteiger partial charge in [0.2, 0.25) is 0 Å². The lowest BCUT2D eigenvalue weighted by molar-refractivity contribution is -0.112. The van der Waals surface area contributed by atoms with Crippen LogP contribution in [0.5, 0.6) is 0 Å². The third-order valence-corrected chi connectivity index (χ3v) is 5.91. The SMILES string of the molecule is CN1CCc2ccc(N3CC/C(=C(/N)CN)C(=Nc4cccc(Cl)c4)C3=O)cc2C1=O. The van der Waals surface area contributed by atoms with Crippen LogP contribution in [-0.4, -0.2) is 49.1 Å². The smallest absolute Gasteiger partial charge is 0.277 e. The standard InChI is InChI=1S/C23H24ClN5O2/c1-28-9-7-14-5-6-17(12-19(14)22(28)30)29-10-8-18(20(26)13-25)21(23(29)31)27-16-4-2-3-15(24)11-16/h2-6,11-12H,7-10,13,25-26H2,1H3/b20-18-,27-21?. The molecule has 1 saturated heterocycles. The van der Waals surface area contributed by atoms with E-state index in [1.807, 2.05) is 12.1 Å². The first-order chi connectivity index (χ1) is 14.9. The molecule has 0 saturated carbocycles. The van der Waals surface area contributed by atoms with Crippen LogP contribution in [0, 0.1) is 0 Å². The number of halogens is 1. The lowest BCUT2D eigenvalue weighted by atomic mass is 9.95. The number of nitrogens with two attached hydrogens (primary N) is 2. The molecule has 1 fully saturated rings. The van der Waals surface area contributed by atoms with Crippen molar-refractivity contribution in [3.8, 4) is 0 Å². The number of anilines is 1. The second-order valence-corrected chi connectivity index (χ2v) is 8.11. The minimum absolute atomic E-state index is 0.0339. The summed E-state index contributed by atoms with van der Waals surface area (Å²) in [4.78, 5) is 34.0. The van der Waals surface area contributed by atoms with Gasteiger partial charge in [0.1, 0.15) is 5.71 Å². The summed E-state index contributed by atoms with van der Waals surface area (Å²) in [7, 11) is 1.78. The van der Waals surface area contributed by atoms with Gasteiger partial charge in [-0.1, -0.05) is 23.7 Å². The first kappa shape index (κ1) is 21.1. The number of rotatable bonds is 3. The van der Waals surface area contributed by atoms with Gasteiger partial charge in [0.05, 0.1) is 5.69 Å². The van der Waals surface area contributed by atoms with E-state index in [-0.39, 0.29) is 24.1 Å². The van der Waals surface area contributed by atoms with Gasteiger partial charge in [-0.3, -0.25) is 9.59 Å². The Morgan fingerprint density at radius 2 is 1.90 bits per heavy atom. The third kappa shape index (κ3) is 4.06. The van der Waals surface area contributed by atoms with E-state index in [9.17, 15) is 9.59 Å². The summed E-state index contributed by atoms with van der Waals surface area (Å²) >= 11 is 6.09. The highest BCUT2D eigenvalue weighted by atomic mass is 35.5. The van der Waals surface area contributed by atoms with Crippen LogP contribution in [0.15, 0.2) is 58.7 Å². The van der Waals surface area contributed by atoms with E-state index in [1.165, 1.54) is 0 Å². The zero-order valence-electron chi connectivity index (χ0n) is 17.3. The number of hydrogen-bond donors (Lipinski definition) is 2. The molecule has 0 atom stereocenters. The Morgan fingerprint density at radius 1 is 1.10 bits per heavy atom. The molecule has 2 amide bonds. The van der Waals surface area contributed by atoms with Gasteiger partial charge in [0.25, 0.3) is 11.8 Å². The maximum Gasteiger partial charge on any atom is 0.277 e. The van der Waals surface area contributed by atoms with Gasteiger partial charge in [0.15, 0.2) is 0 Å². The Balaban J connectivity index is 1.75. The molecule has 4 N–H and O–H groups in total. The van der Waals surface area contributed by atoms with E-state index in [0.29, 0.717) is 52.7 Å². The van der Waals surface area contributed by atoms with Gasteiger partial charge >= 0.3 is 0 Å². The molecular weight excluding hydrogens is 414 g/mol. The van der Waals surface area contributed by atoms with E-state index < -0.39 is 0 Å². The van der Waals surface area contributed by atoms with E-state index in [1.54, 1.807) is 47.2 Å².